The van der Waals surface area contributed by atoms with Crippen molar-refractivity contribution in [1.29, 1.82) is 0 Å². The van der Waals surface area contributed by atoms with E-state index in [1.807, 2.05) is 0 Å². The second kappa shape index (κ2) is 5.94. The van der Waals surface area contributed by atoms with Gasteiger partial charge in [0.2, 0.25) is 0 Å². The van der Waals surface area contributed by atoms with Gasteiger partial charge in [-0.15, -0.1) is 0 Å². The highest BCUT2D eigenvalue weighted by Gasteiger charge is 2.41. The number of azo groups is 1. The smallest absolute Gasteiger partial charge is 0.294 e. The second-order valence-corrected chi connectivity index (χ2v) is 7.70. The number of nitrogens with two attached hydrogens (primary N) is 1. The molecule has 1 aromatic carbocycles. The number of nitrogens with zero attached hydrogens (tertiary/aromatic N) is 2. The fourth-order valence-corrected chi connectivity index (χ4v) is 3.25. The van der Waals surface area contributed by atoms with E-state index in [9.17, 15) is 21.4 Å². The number of allylic oxidation sites excluding steroid dienone is 2. The van der Waals surface area contributed by atoms with Crippen LogP contribution in [0.3, 0.4) is 0 Å². The Morgan fingerprint density at radius 3 is 2.17 bits per heavy atom. The first-order chi connectivity index (χ1) is 10.5. The van der Waals surface area contributed by atoms with Gasteiger partial charge in [0.15, 0.2) is 5.66 Å². The van der Waals surface area contributed by atoms with Crippen LogP contribution in [0, 0.1) is 0 Å². The molecule has 0 radical (unpaired) electrons. The average Bonchev–Trinajstić information content (AvgIpc) is 2.44. The van der Waals surface area contributed by atoms with E-state index in [1.165, 1.54) is 36.4 Å². The minimum absolute atomic E-state index is 0.180. The Balaban J connectivity index is 2.31. The van der Waals surface area contributed by atoms with E-state index in [0.717, 1.165) is 12.1 Å². The van der Waals surface area contributed by atoms with Gasteiger partial charge in [0.25, 0.3) is 20.2 Å². The molecule has 1 aliphatic carbocycles. The molecule has 0 saturated heterocycles. The molecule has 11 heteroatoms. The Kier molecular flexibility index (Phi) is 4.50. The van der Waals surface area contributed by atoms with Crippen molar-refractivity contribution in [1.82, 2.24) is 0 Å². The lowest BCUT2D eigenvalue weighted by Crippen LogP contribution is -2.50. The van der Waals surface area contributed by atoms with Crippen LogP contribution < -0.4 is 5.73 Å². The summed E-state index contributed by atoms with van der Waals surface area (Å²) in [6.45, 7) is 0. The molecule has 124 valence electrons. The van der Waals surface area contributed by atoms with E-state index in [1.54, 1.807) is 0 Å². The highest BCUT2D eigenvalue weighted by Crippen LogP contribution is 2.26. The Bertz CT molecular complexity index is 887. The molecule has 0 aromatic heterocycles. The molecule has 1 aliphatic rings. The molecule has 0 spiro atoms. The van der Waals surface area contributed by atoms with Crippen molar-refractivity contribution in [2.45, 2.75) is 15.8 Å². The van der Waals surface area contributed by atoms with Crippen LogP contribution in [-0.2, 0) is 20.2 Å². The fourth-order valence-electron chi connectivity index (χ4n) is 1.88. The topological polar surface area (TPSA) is 159 Å². The number of hydrogen-bond acceptors (Lipinski definition) is 7. The lowest BCUT2D eigenvalue weighted by atomic mass is 10.0. The quantitative estimate of drug-likeness (QED) is 0.535. The zero-order valence-corrected chi connectivity index (χ0v) is 13.1. The van der Waals surface area contributed by atoms with Gasteiger partial charge in [-0.05, 0) is 30.3 Å². The highest BCUT2D eigenvalue weighted by atomic mass is 32.2. The second-order valence-electron chi connectivity index (χ2n) is 4.74. The van der Waals surface area contributed by atoms with Gasteiger partial charge in [-0.1, -0.05) is 18.2 Å². The van der Waals surface area contributed by atoms with Gasteiger partial charge in [0.05, 0.1) is 10.6 Å². The maximum atomic E-state index is 11.4. The summed E-state index contributed by atoms with van der Waals surface area (Å²) in [7, 11) is -8.82. The third-order valence-corrected chi connectivity index (χ3v) is 5.05. The van der Waals surface area contributed by atoms with Gasteiger partial charge in [-0.2, -0.15) is 27.1 Å². The lowest BCUT2D eigenvalue weighted by Gasteiger charge is -2.27. The van der Waals surface area contributed by atoms with E-state index >= 15 is 0 Å². The molecule has 0 saturated carbocycles. The van der Waals surface area contributed by atoms with Crippen molar-refractivity contribution >= 4 is 25.9 Å². The summed E-state index contributed by atoms with van der Waals surface area (Å²) < 4.78 is 62.7. The maximum Gasteiger partial charge on any atom is 0.294 e. The molecule has 4 N–H and O–H groups in total. The van der Waals surface area contributed by atoms with Crippen molar-refractivity contribution in [3.63, 3.8) is 0 Å². The standard InChI is InChI=1S/C12H13N3O6S2/c13-12(8-2-1-3-11(12)23(19,20)21)15-14-9-4-6-10(7-5-9)22(16,17)18/h1-8,11H,13H2,(H,16,17,18)(H,19,20,21). The molecule has 0 aliphatic heterocycles. The Labute approximate surface area is 132 Å². The SMILES string of the molecule is NC1(N=Nc2ccc(S(=O)(=O)O)cc2)C=CC=CC1S(=O)(=O)O. The van der Waals surface area contributed by atoms with Crippen LogP contribution in [0.5, 0.6) is 0 Å². The largest absolute Gasteiger partial charge is 0.301 e. The van der Waals surface area contributed by atoms with Crippen molar-refractivity contribution in [2.75, 3.05) is 0 Å². The minimum Gasteiger partial charge on any atom is -0.301 e. The van der Waals surface area contributed by atoms with Gasteiger partial charge in [0, 0.05) is 0 Å². The number of rotatable bonds is 4. The Hall–Kier alpha value is -1.92. The van der Waals surface area contributed by atoms with Crippen LogP contribution in [0.25, 0.3) is 0 Å². The molecule has 0 heterocycles. The van der Waals surface area contributed by atoms with Crippen LogP contribution in [0.4, 0.5) is 5.69 Å². The van der Waals surface area contributed by atoms with Gasteiger partial charge in [-0.3, -0.25) is 9.11 Å². The first-order valence-corrected chi connectivity index (χ1v) is 9.08. The van der Waals surface area contributed by atoms with Crippen LogP contribution >= 0.6 is 0 Å². The molecule has 0 amide bonds. The normalized spacial score (nSPS) is 25.1. The van der Waals surface area contributed by atoms with E-state index in [0.29, 0.717) is 0 Å². The summed E-state index contributed by atoms with van der Waals surface area (Å²) in [5, 5.41) is 5.99. The van der Waals surface area contributed by atoms with Crippen molar-refractivity contribution in [3.05, 3.63) is 48.6 Å². The number of benzene rings is 1. The molecular formula is C12H13N3O6S2. The highest BCUT2D eigenvalue weighted by molar-refractivity contribution is 7.86. The van der Waals surface area contributed by atoms with E-state index in [-0.39, 0.29) is 10.6 Å². The van der Waals surface area contributed by atoms with Crippen molar-refractivity contribution in [3.8, 4) is 0 Å². The molecule has 23 heavy (non-hydrogen) atoms. The molecule has 9 nitrogen and oxygen atoms in total. The number of hydrogen-bond donors (Lipinski definition) is 3. The molecule has 2 unspecified atom stereocenters. The van der Waals surface area contributed by atoms with Crippen molar-refractivity contribution < 1.29 is 25.9 Å². The van der Waals surface area contributed by atoms with Gasteiger partial charge < -0.3 is 5.73 Å². The summed E-state index contributed by atoms with van der Waals surface area (Å²) in [6, 6.07) is 4.70. The molecule has 0 fully saturated rings. The lowest BCUT2D eigenvalue weighted by molar-refractivity contribution is 0.438. The first-order valence-electron chi connectivity index (χ1n) is 6.14. The Morgan fingerprint density at radius 1 is 1.04 bits per heavy atom. The first kappa shape index (κ1) is 17.4. The minimum atomic E-state index is -4.49. The van der Waals surface area contributed by atoms with E-state index < -0.39 is 31.1 Å². The zero-order chi connectivity index (χ0) is 17.3. The van der Waals surface area contributed by atoms with Crippen molar-refractivity contribution in [2.24, 2.45) is 16.0 Å². The van der Waals surface area contributed by atoms with Gasteiger partial charge in [0.1, 0.15) is 5.25 Å². The Morgan fingerprint density at radius 2 is 1.65 bits per heavy atom. The maximum absolute atomic E-state index is 11.4. The predicted octanol–water partition coefficient (Wildman–Crippen LogP) is 1.05. The van der Waals surface area contributed by atoms with Crippen LogP contribution in [0.15, 0.2) is 63.7 Å². The van der Waals surface area contributed by atoms with E-state index in [2.05, 4.69) is 10.2 Å². The molecular weight excluding hydrogens is 346 g/mol. The predicted molar refractivity (Wildman–Crippen MR) is 81.3 cm³/mol. The average molecular weight is 359 g/mol. The summed E-state index contributed by atoms with van der Waals surface area (Å²) in [4.78, 5) is -0.324. The van der Waals surface area contributed by atoms with Crippen LogP contribution in [-0.4, -0.2) is 36.9 Å². The van der Waals surface area contributed by atoms with Crippen LogP contribution in [0.2, 0.25) is 0 Å². The summed E-state index contributed by atoms with van der Waals surface area (Å²) in [6.07, 6.45) is 5.30. The molecule has 0 bridgehead atoms. The molecule has 2 rings (SSSR count). The summed E-state index contributed by atoms with van der Waals surface area (Å²) in [5.74, 6) is 0. The summed E-state index contributed by atoms with van der Waals surface area (Å²) in [5.41, 5.74) is 4.24. The third-order valence-electron chi connectivity index (χ3n) is 3.01. The summed E-state index contributed by atoms with van der Waals surface area (Å²) >= 11 is 0. The molecule has 1 aromatic rings. The molecule has 2 atom stereocenters. The van der Waals surface area contributed by atoms with Gasteiger partial charge >= 0.3 is 0 Å². The fraction of sp³-hybridized carbons (Fsp3) is 0.167. The zero-order valence-electron chi connectivity index (χ0n) is 11.5. The monoisotopic (exact) mass is 359 g/mol. The van der Waals surface area contributed by atoms with E-state index in [4.69, 9.17) is 10.3 Å². The van der Waals surface area contributed by atoms with Crippen LogP contribution in [0.1, 0.15) is 0 Å². The van der Waals surface area contributed by atoms with Gasteiger partial charge in [-0.25, -0.2) is 0 Å². The third kappa shape index (κ3) is 4.09.